The van der Waals surface area contributed by atoms with Crippen molar-refractivity contribution in [1.82, 2.24) is 10.6 Å². The minimum atomic E-state index is 0.444. The summed E-state index contributed by atoms with van der Waals surface area (Å²) in [5.74, 6) is 0. The zero-order valence-electron chi connectivity index (χ0n) is 11.0. The second kappa shape index (κ2) is 6.18. The Bertz CT molecular complexity index is 343. The van der Waals surface area contributed by atoms with Crippen molar-refractivity contribution in [1.29, 1.82) is 0 Å². The summed E-state index contributed by atoms with van der Waals surface area (Å²) in [7, 11) is 0. The Kier molecular flexibility index (Phi) is 4.57. The van der Waals surface area contributed by atoms with Crippen molar-refractivity contribution < 1.29 is 0 Å². The first kappa shape index (κ1) is 12.6. The Hall–Kier alpha value is -0.860. The third-order valence-electron chi connectivity index (χ3n) is 3.74. The number of piperidine rings is 1. The van der Waals surface area contributed by atoms with E-state index in [4.69, 9.17) is 0 Å². The van der Waals surface area contributed by atoms with Crippen molar-refractivity contribution in [2.45, 2.75) is 45.2 Å². The van der Waals surface area contributed by atoms with E-state index in [0.717, 1.165) is 6.54 Å². The van der Waals surface area contributed by atoms with Gasteiger partial charge in [-0.2, -0.15) is 0 Å². The van der Waals surface area contributed by atoms with Crippen LogP contribution >= 0.6 is 0 Å². The summed E-state index contributed by atoms with van der Waals surface area (Å²) in [5.41, 5.74) is 2.80. The van der Waals surface area contributed by atoms with Gasteiger partial charge in [-0.1, -0.05) is 30.7 Å². The molecule has 0 radical (unpaired) electrons. The van der Waals surface area contributed by atoms with Crippen molar-refractivity contribution in [3.63, 3.8) is 0 Å². The molecule has 1 aromatic rings. The van der Waals surface area contributed by atoms with Crippen LogP contribution in [-0.4, -0.2) is 19.1 Å². The van der Waals surface area contributed by atoms with Gasteiger partial charge in [0.15, 0.2) is 0 Å². The van der Waals surface area contributed by atoms with E-state index in [-0.39, 0.29) is 0 Å². The van der Waals surface area contributed by atoms with Crippen LogP contribution in [-0.2, 0) is 0 Å². The van der Waals surface area contributed by atoms with Gasteiger partial charge in [-0.25, -0.2) is 0 Å². The quantitative estimate of drug-likeness (QED) is 0.834. The predicted molar refractivity (Wildman–Crippen MR) is 73.2 cm³/mol. The molecule has 94 valence electrons. The van der Waals surface area contributed by atoms with Crippen LogP contribution in [0.4, 0.5) is 0 Å². The monoisotopic (exact) mass is 232 g/mol. The fourth-order valence-corrected chi connectivity index (χ4v) is 2.60. The molecule has 1 fully saturated rings. The molecule has 0 spiro atoms. The second-order valence-corrected chi connectivity index (χ2v) is 5.13. The van der Waals surface area contributed by atoms with Gasteiger partial charge in [-0.15, -0.1) is 0 Å². The normalized spacial score (nSPS) is 22.4. The number of rotatable bonds is 4. The lowest BCUT2D eigenvalue weighted by Gasteiger charge is -2.26. The Morgan fingerprint density at radius 1 is 1.35 bits per heavy atom. The van der Waals surface area contributed by atoms with E-state index in [1.807, 2.05) is 0 Å². The van der Waals surface area contributed by atoms with E-state index in [1.54, 1.807) is 0 Å². The third kappa shape index (κ3) is 3.55. The van der Waals surface area contributed by atoms with Gasteiger partial charge in [0.1, 0.15) is 0 Å². The second-order valence-electron chi connectivity index (χ2n) is 5.13. The fraction of sp³-hybridized carbons (Fsp3) is 0.600. The highest BCUT2D eigenvalue weighted by molar-refractivity contribution is 5.28. The molecule has 0 bridgehead atoms. The molecule has 2 nitrogen and oxygen atoms in total. The van der Waals surface area contributed by atoms with Crippen LogP contribution in [0.1, 0.15) is 43.4 Å². The van der Waals surface area contributed by atoms with Crippen LogP contribution in [0.15, 0.2) is 24.3 Å². The number of hydrogen-bond acceptors (Lipinski definition) is 2. The molecule has 17 heavy (non-hydrogen) atoms. The first-order valence-electron chi connectivity index (χ1n) is 6.79. The Morgan fingerprint density at radius 2 is 2.18 bits per heavy atom. The van der Waals surface area contributed by atoms with Gasteiger partial charge < -0.3 is 10.6 Å². The van der Waals surface area contributed by atoms with Crippen molar-refractivity contribution in [2.24, 2.45) is 0 Å². The topological polar surface area (TPSA) is 24.1 Å². The van der Waals surface area contributed by atoms with Gasteiger partial charge in [0.2, 0.25) is 0 Å². The highest BCUT2D eigenvalue weighted by atomic mass is 15.0. The molecule has 0 aliphatic carbocycles. The highest BCUT2D eigenvalue weighted by Gasteiger charge is 2.14. The largest absolute Gasteiger partial charge is 0.313 e. The first-order valence-corrected chi connectivity index (χ1v) is 6.79. The standard InChI is InChI=1S/C15H24N2/c1-12-7-3-4-9-15(12)13(2)17-11-14-8-5-6-10-16-14/h3-4,7,9,13-14,16-17H,5-6,8,10-11H2,1-2H3/t13-,14?/m0/s1. The molecule has 2 N–H and O–H groups in total. The lowest BCUT2D eigenvalue weighted by atomic mass is 10.0. The summed E-state index contributed by atoms with van der Waals surface area (Å²) in [6.07, 6.45) is 4.02. The summed E-state index contributed by atoms with van der Waals surface area (Å²) in [5, 5.41) is 7.22. The molecule has 2 rings (SSSR count). The molecule has 1 heterocycles. The van der Waals surface area contributed by atoms with Gasteiger partial charge in [-0.05, 0) is 44.4 Å². The molecule has 1 aliphatic heterocycles. The predicted octanol–water partition coefficient (Wildman–Crippen LogP) is 2.79. The van der Waals surface area contributed by atoms with Crippen LogP contribution in [0, 0.1) is 6.92 Å². The van der Waals surface area contributed by atoms with E-state index in [0.29, 0.717) is 12.1 Å². The van der Waals surface area contributed by atoms with Crippen LogP contribution in [0.2, 0.25) is 0 Å². The first-order chi connectivity index (χ1) is 8.27. The maximum absolute atomic E-state index is 3.65. The summed E-state index contributed by atoms with van der Waals surface area (Å²) in [6.45, 7) is 6.71. The van der Waals surface area contributed by atoms with Gasteiger partial charge in [-0.3, -0.25) is 0 Å². The third-order valence-corrected chi connectivity index (χ3v) is 3.74. The average Bonchev–Trinajstić information content (AvgIpc) is 2.38. The smallest absolute Gasteiger partial charge is 0.0295 e. The molecule has 2 atom stereocenters. The molecule has 1 aromatic carbocycles. The van der Waals surface area contributed by atoms with E-state index in [2.05, 4.69) is 48.7 Å². The Balaban J connectivity index is 1.84. The average molecular weight is 232 g/mol. The molecule has 1 aliphatic rings. The lowest BCUT2D eigenvalue weighted by Crippen LogP contribution is -2.42. The fourth-order valence-electron chi connectivity index (χ4n) is 2.60. The Labute approximate surface area is 105 Å². The zero-order valence-corrected chi connectivity index (χ0v) is 11.0. The molecule has 0 aromatic heterocycles. The lowest BCUT2D eigenvalue weighted by molar-refractivity contribution is 0.371. The molecular formula is C15H24N2. The van der Waals surface area contributed by atoms with Gasteiger partial charge in [0, 0.05) is 18.6 Å². The summed E-state index contributed by atoms with van der Waals surface area (Å²) in [6, 6.07) is 9.75. The van der Waals surface area contributed by atoms with Crippen molar-refractivity contribution in [3.05, 3.63) is 35.4 Å². The summed E-state index contributed by atoms with van der Waals surface area (Å²) in [4.78, 5) is 0. The van der Waals surface area contributed by atoms with Crippen LogP contribution < -0.4 is 10.6 Å². The van der Waals surface area contributed by atoms with Crippen molar-refractivity contribution in [3.8, 4) is 0 Å². The summed E-state index contributed by atoms with van der Waals surface area (Å²) >= 11 is 0. The molecule has 1 unspecified atom stereocenters. The van der Waals surface area contributed by atoms with Crippen molar-refractivity contribution in [2.75, 3.05) is 13.1 Å². The number of hydrogen-bond donors (Lipinski definition) is 2. The van der Waals surface area contributed by atoms with E-state index >= 15 is 0 Å². The van der Waals surface area contributed by atoms with E-state index < -0.39 is 0 Å². The van der Waals surface area contributed by atoms with E-state index in [9.17, 15) is 0 Å². The van der Waals surface area contributed by atoms with E-state index in [1.165, 1.54) is 36.9 Å². The van der Waals surface area contributed by atoms with Gasteiger partial charge in [0.05, 0.1) is 0 Å². The molecule has 1 saturated heterocycles. The van der Waals surface area contributed by atoms with Crippen LogP contribution in [0.25, 0.3) is 0 Å². The minimum Gasteiger partial charge on any atom is -0.313 e. The van der Waals surface area contributed by atoms with Gasteiger partial charge >= 0.3 is 0 Å². The number of benzene rings is 1. The highest BCUT2D eigenvalue weighted by Crippen LogP contribution is 2.17. The maximum atomic E-state index is 3.65. The molecule has 2 heteroatoms. The zero-order chi connectivity index (χ0) is 12.1. The van der Waals surface area contributed by atoms with Crippen LogP contribution in [0.5, 0.6) is 0 Å². The SMILES string of the molecule is Cc1ccccc1[C@H](C)NCC1CCCCN1. The number of aryl methyl sites for hydroxylation is 1. The molecule has 0 saturated carbocycles. The molecular weight excluding hydrogens is 208 g/mol. The van der Waals surface area contributed by atoms with Gasteiger partial charge in [0.25, 0.3) is 0 Å². The number of nitrogens with one attached hydrogen (secondary N) is 2. The summed E-state index contributed by atoms with van der Waals surface area (Å²) < 4.78 is 0. The van der Waals surface area contributed by atoms with Crippen LogP contribution in [0.3, 0.4) is 0 Å². The maximum Gasteiger partial charge on any atom is 0.0295 e. The van der Waals surface area contributed by atoms with Crippen molar-refractivity contribution >= 4 is 0 Å². The molecule has 0 amide bonds. The minimum absolute atomic E-state index is 0.444. The Morgan fingerprint density at radius 3 is 2.88 bits per heavy atom.